The Balaban J connectivity index is 2.24. The van der Waals surface area contributed by atoms with Gasteiger partial charge in [-0.2, -0.15) is 0 Å². The molecular formula is C12H24. The van der Waals surface area contributed by atoms with Crippen molar-refractivity contribution < 1.29 is 0 Å². The van der Waals surface area contributed by atoms with Gasteiger partial charge in [0, 0.05) is 0 Å². The minimum atomic E-state index is 0.582. The Morgan fingerprint density at radius 2 is 1.83 bits per heavy atom. The second-order valence-electron chi connectivity index (χ2n) is 5.68. The molecule has 0 nitrogen and oxygen atoms in total. The summed E-state index contributed by atoms with van der Waals surface area (Å²) in [5, 5.41) is 0. The molecule has 0 atom stereocenters. The summed E-state index contributed by atoms with van der Waals surface area (Å²) in [4.78, 5) is 0. The van der Waals surface area contributed by atoms with Crippen LogP contribution in [0.3, 0.4) is 0 Å². The van der Waals surface area contributed by atoms with Gasteiger partial charge in [-0.05, 0) is 36.5 Å². The maximum Gasteiger partial charge on any atom is -0.0326 e. The van der Waals surface area contributed by atoms with E-state index >= 15 is 0 Å². The zero-order chi connectivity index (χ0) is 9.24. The number of rotatable bonds is 4. The van der Waals surface area contributed by atoms with Crippen molar-refractivity contribution in [3.8, 4) is 0 Å². The first kappa shape index (κ1) is 10.1. The molecule has 1 aliphatic carbocycles. The van der Waals surface area contributed by atoms with Crippen molar-refractivity contribution in [2.75, 3.05) is 0 Å². The van der Waals surface area contributed by atoms with Crippen LogP contribution in [0.25, 0.3) is 0 Å². The van der Waals surface area contributed by atoms with Gasteiger partial charge in [0.05, 0.1) is 0 Å². The van der Waals surface area contributed by atoms with Crippen LogP contribution in [-0.4, -0.2) is 0 Å². The smallest absolute Gasteiger partial charge is 0.0326 e. The van der Waals surface area contributed by atoms with Crippen LogP contribution in [0.1, 0.15) is 66.2 Å². The van der Waals surface area contributed by atoms with E-state index in [1.807, 2.05) is 0 Å². The predicted octanol–water partition coefficient (Wildman–Crippen LogP) is 4.39. The minimum Gasteiger partial charge on any atom is -0.0649 e. The normalized spacial score (nSPS) is 22.0. The van der Waals surface area contributed by atoms with Crippen molar-refractivity contribution >= 4 is 0 Å². The van der Waals surface area contributed by atoms with Crippen LogP contribution in [-0.2, 0) is 0 Å². The largest absolute Gasteiger partial charge is 0.0649 e. The fraction of sp³-hybridized carbons (Fsp3) is 1.00. The summed E-state index contributed by atoms with van der Waals surface area (Å²) in [7, 11) is 0. The molecule has 1 saturated carbocycles. The molecule has 0 unspecified atom stereocenters. The molecule has 1 aliphatic rings. The zero-order valence-electron chi connectivity index (χ0n) is 9.24. The summed E-state index contributed by atoms with van der Waals surface area (Å²) in [6, 6.07) is 0. The van der Waals surface area contributed by atoms with E-state index in [0.717, 1.165) is 5.41 Å². The molecule has 0 heteroatoms. The molecule has 1 fully saturated rings. The second kappa shape index (κ2) is 3.40. The van der Waals surface area contributed by atoms with E-state index in [1.165, 1.54) is 38.5 Å². The van der Waals surface area contributed by atoms with E-state index in [4.69, 9.17) is 0 Å². The van der Waals surface area contributed by atoms with Crippen molar-refractivity contribution in [2.24, 2.45) is 10.8 Å². The van der Waals surface area contributed by atoms with E-state index in [1.54, 1.807) is 0 Å². The third kappa shape index (κ3) is 2.50. The van der Waals surface area contributed by atoms with Gasteiger partial charge < -0.3 is 0 Å². The molecule has 0 amide bonds. The van der Waals surface area contributed by atoms with Gasteiger partial charge in [0.1, 0.15) is 0 Å². The molecule has 0 radical (unpaired) electrons. The summed E-state index contributed by atoms with van der Waals surface area (Å²) in [5.74, 6) is 0. The Morgan fingerprint density at radius 3 is 2.17 bits per heavy atom. The van der Waals surface area contributed by atoms with Crippen LogP contribution < -0.4 is 0 Å². The minimum absolute atomic E-state index is 0.582. The van der Waals surface area contributed by atoms with E-state index in [-0.39, 0.29) is 0 Å². The highest BCUT2D eigenvalue weighted by Gasteiger charge is 2.32. The van der Waals surface area contributed by atoms with Crippen LogP contribution in [0.15, 0.2) is 0 Å². The van der Waals surface area contributed by atoms with Crippen molar-refractivity contribution in [3.05, 3.63) is 0 Å². The van der Waals surface area contributed by atoms with Crippen LogP contribution in [0.2, 0.25) is 0 Å². The number of hydrogen-bond acceptors (Lipinski definition) is 0. The lowest BCUT2D eigenvalue weighted by Crippen LogP contribution is -2.27. The quantitative estimate of drug-likeness (QED) is 0.584. The van der Waals surface area contributed by atoms with Crippen molar-refractivity contribution in [3.63, 3.8) is 0 Å². The Hall–Kier alpha value is 0. The van der Waals surface area contributed by atoms with E-state index in [2.05, 4.69) is 27.7 Å². The Bertz CT molecular complexity index is 129. The lowest BCUT2D eigenvalue weighted by atomic mass is 9.65. The molecule has 12 heavy (non-hydrogen) atoms. The van der Waals surface area contributed by atoms with E-state index in [0.29, 0.717) is 5.41 Å². The summed E-state index contributed by atoms with van der Waals surface area (Å²) in [6.07, 6.45) is 8.62. The molecule has 0 spiro atoms. The first-order valence-corrected chi connectivity index (χ1v) is 5.47. The van der Waals surface area contributed by atoms with Gasteiger partial charge in [0.15, 0.2) is 0 Å². The molecule has 0 aromatic carbocycles. The fourth-order valence-corrected chi connectivity index (χ4v) is 1.85. The van der Waals surface area contributed by atoms with Gasteiger partial charge in [0.25, 0.3) is 0 Å². The highest BCUT2D eigenvalue weighted by Crippen LogP contribution is 2.46. The van der Waals surface area contributed by atoms with Crippen molar-refractivity contribution in [1.82, 2.24) is 0 Å². The summed E-state index contributed by atoms with van der Waals surface area (Å²) in [6.45, 7) is 9.56. The zero-order valence-corrected chi connectivity index (χ0v) is 9.24. The molecule has 1 rings (SSSR count). The molecule has 0 N–H and O–H groups in total. The number of hydrogen-bond donors (Lipinski definition) is 0. The molecule has 0 heterocycles. The third-order valence-corrected chi connectivity index (χ3v) is 3.92. The van der Waals surface area contributed by atoms with Crippen LogP contribution >= 0.6 is 0 Å². The molecular weight excluding hydrogens is 144 g/mol. The standard InChI is InChI=1S/C12H24/c1-5-11(2,3)9-10-12(4)7-6-8-12/h5-10H2,1-4H3. The van der Waals surface area contributed by atoms with Crippen molar-refractivity contribution in [2.45, 2.75) is 66.2 Å². The van der Waals surface area contributed by atoms with Gasteiger partial charge in [0.2, 0.25) is 0 Å². The van der Waals surface area contributed by atoms with Gasteiger partial charge >= 0.3 is 0 Å². The average molecular weight is 168 g/mol. The molecule has 0 bridgehead atoms. The summed E-state index contributed by atoms with van der Waals surface area (Å²) >= 11 is 0. The highest BCUT2D eigenvalue weighted by molar-refractivity contribution is 4.84. The average Bonchev–Trinajstić information content (AvgIpc) is 1.98. The molecule has 0 aromatic heterocycles. The van der Waals surface area contributed by atoms with Gasteiger partial charge in [-0.15, -0.1) is 0 Å². The lowest BCUT2D eigenvalue weighted by molar-refractivity contribution is 0.118. The maximum absolute atomic E-state index is 2.46. The highest BCUT2D eigenvalue weighted by atomic mass is 14.4. The fourth-order valence-electron chi connectivity index (χ4n) is 1.85. The first-order chi connectivity index (χ1) is 5.47. The van der Waals surface area contributed by atoms with Gasteiger partial charge in [-0.1, -0.05) is 40.5 Å². The summed E-state index contributed by atoms with van der Waals surface area (Å²) in [5.41, 5.74) is 1.31. The third-order valence-electron chi connectivity index (χ3n) is 3.92. The summed E-state index contributed by atoms with van der Waals surface area (Å²) < 4.78 is 0. The SMILES string of the molecule is CCC(C)(C)CCC1(C)CCC1. The molecule has 0 aliphatic heterocycles. The van der Waals surface area contributed by atoms with Gasteiger partial charge in [-0.3, -0.25) is 0 Å². The monoisotopic (exact) mass is 168 g/mol. The Labute approximate surface area is 77.7 Å². The van der Waals surface area contributed by atoms with E-state index in [9.17, 15) is 0 Å². The Kier molecular flexibility index (Phi) is 2.85. The maximum atomic E-state index is 2.46. The van der Waals surface area contributed by atoms with E-state index < -0.39 is 0 Å². The molecule has 0 saturated heterocycles. The predicted molar refractivity (Wildman–Crippen MR) is 55.3 cm³/mol. The van der Waals surface area contributed by atoms with Gasteiger partial charge in [-0.25, -0.2) is 0 Å². The Morgan fingerprint density at radius 1 is 1.25 bits per heavy atom. The first-order valence-electron chi connectivity index (χ1n) is 5.47. The van der Waals surface area contributed by atoms with Crippen molar-refractivity contribution in [1.29, 1.82) is 0 Å². The van der Waals surface area contributed by atoms with Crippen LogP contribution in [0, 0.1) is 10.8 Å². The topological polar surface area (TPSA) is 0 Å². The molecule has 72 valence electrons. The second-order valence-corrected chi connectivity index (χ2v) is 5.68. The van der Waals surface area contributed by atoms with Crippen LogP contribution in [0.5, 0.6) is 0 Å². The lowest BCUT2D eigenvalue weighted by Gasteiger charge is -2.40. The van der Waals surface area contributed by atoms with Crippen LogP contribution in [0.4, 0.5) is 0 Å². The molecule has 0 aromatic rings.